The number of benzene rings is 1. The summed E-state index contributed by atoms with van der Waals surface area (Å²) in [5.41, 5.74) is 6.29. The van der Waals surface area contributed by atoms with Crippen LogP contribution in [0.15, 0.2) is 28.7 Å². The smallest absolute Gasteiger partial charge is 0.109 e. The Morgan fingerprint density at radius 2 is 2.17 bits per heavy atom. The van der Waals surface area contributed by atoms with Gasteiger partial charge in [-0.05, 0) is 17.7 Å². The lowest BCUT2D eigenvalue weighted by Crippen LogP contribution is -2.11. The Morgan fingerprint density at radius 3 is 2.67 bits per heavy atom. The van der Waals surface area contributed by atoms with E-state index in [0.29, 0.717) is 0 Å². The van der Waals surface area contributed by atoms with Gasteiger partial charge < -0.3 is 5.73 Å². The third-order valence-electron chi connectivity index (χ3n) is 1.44. The van der Waals surface area contributed by atoms with Gasteiger partial charge in [0, 0.05) is 4.47 Å². The molecular formula is C8H10BrClFN. The fourth-order valence-electron chi connectivity index (χ4n) is 0.826. The maximum absolute atomic E-state index is 12.1. The van der Waals surface area contributed by atoms with E-state index < -0.39 is 12.7 Å². The molecule has 0 saturated heterocycles. The van der Waals surface area contributed by atoms with Gasteiger partial charge in [-0.3, -0.25) is 0 Å². The second-order valence-corrected chi connectivity index (χ2v) is 3.23. The quantitative estimate of drug-likeness (QED) is 0.863. The Balaban J connectivity index is 0.00000121. The number of hydrogen-bond donors (Lipinski definition) is 1. The Kier molecular flexibility index (Phi) is 5.46. The second kappa shape index (κ2) is 5.51. The minimum absolute atomic E-state index is 0. The van der Waals surface area contributed by atoms with Gasteiger partial charge >= 0.3 is 0 Å². The van der Waals surface area contributed by atoms with E-state index in [0.717, 1.165) is 10.0 Å². The summed E-state index contributed by atoms with van der Waals surface area (Å²) >= 11 is 3.28. The standard InChI is InChI=1S/C8H9BrFN.ClH/c9-7-3-1-2-6(4-7)8(11)5-10;/h1-4,8H,5,11H2;1H. The minimum atomic E-state index is -0.517. The molecule has 0 radical (unpaired) electrons. The van der Waals surface area contributed by atoms with Crippen LogP contribution in [0.3, 0.4) is 0 Å². The molecule has 1 aromatic rings. The topological polar surface area (TPSA) is 26.0 Å². The monoisotopic (exact) mass is 253 g/mol. The molecule has 12 heavy (non-hydrogen) atoms. The van der Waals surface area contributed by atoms with Gasteiger partial charge in [0.2, 0.25) is 0 Å². The van der Waals surface area contributed by atoms with E-state index >= 15 is 0 Å². The third-order valence-corrected chi connectivity index (χ3v) is 1.94. The van der Waals surface area contributed by atoms with Crippen molar-refractivity contribution in [2.24, 2.45) is 5.73 Å². The third kappa shape index (κ3) is 3.09. The molecule has 0 aliphatic heterocycles. The van der Waals surface area contributed by atoms with Crippen molar-refractivity contribution in [1.29, 1.82) is 0 Å². The molecule has 0 bridgehead atoms. The molecule has 68 valence electrons. The molecule has 0 aliphatic rings. The Bertz CT molecular complexity index is 244. The van der Waals surface area contributed by atoms with Gasteiger partial charge in [0.1, 0.15) is 6.67 Å². The zero-order chi connectivity index (χ0) is 8.27. The first-order chi connectivity index (χ1) is 5.24. The van der Waals surface area contributed by atoms with E-state index in [-0.39, 0.29) is 12.4 Å². The van der Waals surface area contributed by atoms with E-state index in [9.17, 15) is 4.39 Å². The molecular weight excluding hydrogens is 244 g/mol. The molecule has 1 atom stereocenters. The number of halogens is 3. The van der Waals surface area contributed by atoms with Crippen molar-refractivity contribution < 1.29 is 4.39 Å². The number of alkyl halides is 1. The molecule has 0 fully saturated rings. The van der Waals surface area contributed by atoms with Gasteiger partial charge in [-0.2, -0.15) is 0 Å². The lowest BCUT2D eigenvalue weighted by molar-refractivity contribution is 0.437. The highest BCUT2D eigenvalue weighted by Gasteiger charge is 2.03. The molecule has 0 saturated carbocycles. The van der Waals surface area contributed by atoms with Crippen LogP contribution in [-0.4, -0.2) is 6.67 Å². The molecule has 1 aromatic carbocycles. The van der Waals surface area contributed by atoms with Crippen molar-refractivity contribution >= 4 is 28.3 Å². The second-order valence-electron chi connectivity index (χ2n) is 2.32. The highest BCUT2D eigenvalue weighted by Crippen LogP contribution is 2.16. The minimum Gasteiger partial charge on any atom is -0.322 e. The first-order valence-electron chi connectivity index (χ1n) is 3.31. The summed E-state index contributed by atoms with van der Waals surface area (Å²) in [4.78, 5) is 0. The normalized spacial score (nSPS) is 11.9. The molecule has 0 aromatic heterocycles. The average molecular weight is 255 g/mol. The van der Waals surface area contributed by atoms with Crippen LogP contribution in [0, 0.1) is 0 Å². The van der Waals surface area contributed by atoms with Crippen molar-refractivity contribution in [2.45, 2.75) is 6.04 Å². The van der Waals surface area contributed by atoms with E-state index in [4.69, 9.17) is 5.73 Å². The molecule has 0 heterocycles. The number of rotatable bonds is 2. The van der Waals surface area contributed by atoms with Crippen molar-refractivity contribution in [3.05, 3.63) is 34.3 Å². The molecule has 0 aliphatic carbocycles. The van der Waals surface area contributed by atoms with Crippen LogP contribution < -0.4 is 5.73 Å². The van der Waals surface area contributed by atoms with E-state index in [1.807, 2.05) is 24.3 Å². The first kappa shape index (κ1) is 11.9. The summed E-state index contributed by atoms with van der Waals surface area (Å²) < 4.78 is 13.0. The average Bonchev–Trinajstić information content (AvgIpc) is 2.03. The van der Waals surface area contributed by atoms with Crippen molar-refractivity contribution in [2.75, 3.05) is 6.67 Å². The summed E-state index contributed by atoms with van der Waals surface area (Å²) in [5, 5.41) is 0. The van der Waals surface area contributed by atoms with Gasteiger partial charge in [-0.1, -0.05) is 28.1 Å². The Hall–Kier alpha value is -0.120. The maximum Gasteiger partial charge on any atom is 0.109 e. The number of hydrogen-bond acceptors (Lipinski definition) is 1. The summed E-state index contributed by atoms with van der Waals surface area (Å²) in [7, 11) is 0. The van der Waals surface area contributed by atoms with Crippen molar-refractivity contribution in [1.82, 2.24) is 0 Å². The Labute approximate surface area is 85.7 Å². The predicted molar refractivity (Wildman–Crippen MR) is 54.3 cm³/mol. The van der Waals surface area contributed by atoms with Crippen LogP contribution >= 0.6 is 28.3 Å². The number of nitrogens with two attached hydrogens (primary N) is 1. The van der Waals surface area contributed by atoms with Gasteiger partial charge in [0.05, 0.1) is 6.04 Å². The molecule has 4 heteroatoms. The van der Waals surface area contributed by atoms with Crippen LogP contribution in [0.4, 0.5) is 4.39 Å². The largest absolute Gasteiger partial charge is 0.322 e. The van der Waals surface area contributed by atoms with Crippen molar-refractivity contribution in [3.63, 3.8) is 0 Å². The highest BCUT2D eigenvalue weighted by atomic mass is 79.9. The van der Waals surface area contributed by atoms with Gasteiger partial charge in [0.15, 0.2) is 0 Å². The fraction of sp³-hybridized carbons (Fsp3) is 0.250. The highest BCUT2D eigenvalue weighted by molar-refractivity contribution is 9.10. The molecule has 0 spiro atoms. The fourth-order valence-corrected chi connectivity index (χ4v) is 1.24. The summed E-state index contributed by atoms with van der Waals surface area (Å²) in [6, 6.07) is 6.87. The molecule has 1 nitrogen and oxygen atoms in total. The predicted octanol–water partition coefficient (Wildman–Crippen LogP) is 2.84. The molecule has 1 unspecified atom stereocenters. The summed E-state index contributed by atoms with van der Waals surface area (Å²) in [6.07, 6.45) is 0. The van der Waals surface area contributed by atoms with E-state index in [1.54, 1.807) is 0 Å². The molecule has 2 N–H and O–H groups in total. The first-order valence-corrected chi connectivity index (χ1v) is 4.10. The van der Waals surface area contributed by atoms with Crippen LogP contribution in [0.25, 0.3) is 0 Å². The van der Waals surface area contributed by atoms with Gasteiger partial charge in [-0.25, -0.2) is 4.39 Å². The summed E-state index contributed by atoms with van der Waals surface area (Å²) in [6.45, 7) is -0.517. The zero-order valence-corrected chi connectivity index (χ0v) is 8.74. The van der Waals surface area contributed by atoms with Crippen LogP contribution in [0.1, 0.15) is 11.6 Å². The van der Waals surface area contributed by atoms with Gasteiger partial charge in [0.25, 0.3) is 0 Å². The lowest BCUT2D eigenvalue weighted by atomic mass is 10.1. The molecule has 0 amide bonds. The SMILES string of the molecule is Cl.NC(CF)c1cccc(Br)c1. The zero-order valence-electron chi connectivity index (χ0n) is 6.34. The van der Waals surface area contributed by atoms with Crippen molar-refractivity contribution in [3.8, 4) is 0 Å². The van der Waals surface area contributed by atoms with Gasteiger partial charge in [-0.15, -0.1) is 12.4 Å². The molecule has 1 rings (SSSR count). The van der Waals surface area contributed by atoms with Crippen LogP contribution in [-0.2, 0) is 0 Å². The summed E-state index contributed by atoms with van der Waals surface area (Å²) in [5.74, 6) is 0. The lowest BCUT2D eigenvalue weighted by Gasteiger charge is -2.06. The van der Waals surface area contributed by atoms with Crippen LogP contribution in [0.2, 0.25) is 0 Å². The van der Waals surface area contributed by atoms with E-state index in [1.165, 1.54) is 0 Å². The maximum atomic E-state index is 12.1. The Morgan fingerprint density at radius 1 is 1.50 bits per heavy atom. The van der Waals surface area contributed by atoms with Crippen LogP contribution in [0.5, 0.6) is 0 Å². The van der Waals surface area contributed by atoms with E-state index in [2.05, 4.69) is 15.9 Å².